The topological polar surface area (TPSA) is 109 Å². The molecule has 0 bridgehead atoms. The van der Waals surface area contributed by atoms with E-state index in [-0.39, 0.29) is 35.3 Å². The number of aryl methyl sites for hydroxylation is 1. The molecule has 308 valence electrons. The second kappa shape index (κ2) is 15.2. The van der Waals surface area contributed by atoms with Crippen molar-refractivity contribution in [2.75, 3.05) is 57.3 Å². The maximum absolute atomic E-state index is 14.0. The monoisotopic (exact) mass is 803 g/mol. The second-order valence-corrected chi connectivity index (χ2v) is 16.4. The zero-order valence-electron chi connectivity index (χ0n) is 32.4. The summed E-state index contributed by atoms with van der Waals surface area (Å²) >= 11 is 0. The quantitative estimate of drug-likeness (QED) is 0.166. The van der Waals surface area contributed by atoms with Crippen molar-refractivity contribution in [1.82, 2.24) is 30.0 Å². The Balaban J connectivity index is 1.28. The van der Waals surface area contributed by atoms with Crippen molar-refractivity contribution in [2.45, 2.75) is 83.9 Å². The van der Waals surface area contributed by atoms with Crippen LogP contribution in [0.3, 0.4) is 0 Å². The third-order valence-corrected chi connectivity index (χ3v) is 11.0. The molecule has 0 unspecified atom stereocenters. The molecular weight excluding hydrogens is 756 g/mol. The molecule has 7 rings (SSSR count). The van der Waals surface area contributed by atoms with Gasteiger partial charge in [-0.25, -0.2) is 4.79 Å². The Hall–Kier alpha value is -4.80. The van der Waals surface area contributed by atoms with Gasteiger partial charge in [0, 0.05) is 67.6 Å². The van der Waals surface area contributed by atoms with Crippen molar-refractivity contribution in [1.29, 1.82) is 0 Å². The summed E-state index contributed by atoms with van der Waals surface area (Å²) in [4.78, 5) is 27.9. The number of ether oxygens (including phenoxy) is 3. The van der Waals surface area contributed by atoms with Crippen LogP contribution in [0.15, 0.2) is 31.0 Å². The number of nitrogens with zero attached hydrogens (tertiary/aromatic N) is 6. The van der Waals surface area contributed by atoms with Gasteiger partial charge in [0.1, 0.15) is 23.0 Å². The highest BCUT2D eigenvalue weighted by Crippen LogP contribution is 2.48. The van der Waals surface area contributed by atoms with Crippen molar-refractivity contribution >= 4 is 39.8 Å². The minimum atomic E-state index is -4.68. The Morgan fingerprint density at radius 1 is 0.982 bits per heavy atom. The lowest BCUT2D eigenvalue weighted by Crippen LogP contribution is -2.62. The summed E-state index contributed by atoms with van der Waals surface area (Å²) in [7, 11) is 0. The fraction of sp³-hybridized carbons (Fsp3) is 0.550. The van der Waals surface area contributed by atoms with E-state index < -0.39 is 37.1 Å². The van der Waals surface area contributed by atoms with Gasteiger partial charge in [-0.15, -0.1) is 0 Å². The summed E-state index contributed by atoms with van der Waals surface area (Å²) in [6, 6.07) is 5.42. The maximum atomic E-state index is 14.0. The van der Waals surface area contributed by atoms with Crippen LogP contribution >= 0.6 is 0 Å². The highest BCUT2D eigenvalue weighted by molar-refractivity contribution is 6.07. The first-order valence-corrected chi connectivity index (χ1v) is 19.1. The van der Waals surface area contributed by atoms with Crippen LogP contribution in [0.1, 0.15) is 64.0 Å². The summed E-state index contributed by atoms with van der Waals surface area (Å²) in [6.07, 6.45) is -5.21. The molecule has 0 radical (unpaired) electrons. The van der Waals surface area contributed by atoms with Crippen LogP contribution in [0.4, 0.5) is 37.0 Å². The van der Waals surface area contributed by atoms with Gasteiger partial charge in [-0.05, 0) is 82.2 Å². The first-order valence-electron chi connectivity index (χ1n) is 19.1. The van der Waals surface area contributed by atoms with E-state index in [9.17, 15) is 31.1 Å². The normalized spacial score (nSPS) is 18.3. The molecule has 3 fully saturated rings. The largest absolute Gasteiger partial charge is 0.481 e. The van der Waals surface area contributed by atoms with E-state index in [0.717, 1.165) is 18.4 Å². The van der Waals surface area contributed by atoms with Crippen molar-refractivity contribution in [2.24, 2.45) is 5.41 Å². The number of alkyl halides is 6. The van der Waals surface area contributed by atoms with Gasteiger partial charge in [0.2, 0.25) is 0 Å². The number of fused-ring (bicyclic) bond motifs is 2. The molecule has 3 aliphatic rings. The number of benzene rings is 2. The van der Waals surface area contributed by atoms with Crippen LogP contribution in [-0.4, -0.2) is 113 Å². The van der Waals surface area contributed by atoms with Crippen LogP contribution < -0.4 is 14.4 Å². The highest BCUT2D eigenvalue weighted by atomic mass is 19.4. The number of carbonyl (C=O) groups is 1. The third kappa shape index (κ3) is 9.02. The summed E-state index contributed by atoms with van der Waals surface area (Å²) in [5, 5.41) is 8.22. The van der Waals surface area contributed by atoms with E-state index in [2.05, 4.69) is 21.7 Å². The average molecular weight is 804 g/mol. The smallest absolute Gasteiger partial charge is 0.422 e. The van der Waals surface area contributed by atoms with Gasteiger partial charge in [0.25, 0.3) is 0 Å². The fourth-order valence-electron chi connectivity index (χ4n) is 8.10. The minimum Gasteiger partial charge on any atom is -0.481 e. The summed E-state index contributed by atoms with van der Waals surface area (Å²) < 4.78 is 98.4. The number of likely N-dealkylation sites (tertiary alicyclic amines) is 2. The molecule has 1 N–H and O–H groups in total. The fourth-order valence-corrected chi connectivity index (χ4v) is 8.10. The number of aromatic nitrogens is 4. The molecule has 4 aromatic rings. The number of H-pyrrole nitrogens is 1. The molecule has 3 saturated heterocycles. The van der Waals surface area contributed by atoms with Crippen LogP contribution in [0, 0.1) is 12.3 Å². The first-order chi connectivity index (χ1) is 26.8. The van der Waals surface area contributed by atoms with Gasteiger partial charge in [0.15, 0.2) is 12.4 Å². The zero-order chi connectivity index (χ0) is 40.9. The van der Waals surface area contributed by atoms with E-state index in [1.807, 2.05) is 45.9 Å². The van der Waals surface area contributed by atoms with Crippen molar-refractivity contribution in [3.8, 4) is 22.9 Å². The molecule has 0 saturated carbocycles. The molecular formula is C40H47F6N7O4. The molecule has 2 aromatic heterocycles. The molecule has 0 aliphatic carbocycles. The van der Waals surface area contributed by atoms with E-state index in [0.29, 0.717) is 90.9 Å². The average Bonchev–Trinajstić information content (AvgIpc) is 3.60. The lowest BCUT2D eigenvalue weighted by Gasteiger charge is -2.53. The van der Waals surface area contributed by atoms with E-state index >= 15 is 0 Å². The van der Waals surface area contributed by atoms with Crippen LogP contribution in [0.2, 0.25) is 0 Å². The number of piperidine rings is 2. The number of anilines is 1. The Bertz CT molecular complexity index is 2120. The standard InChI is InChI=1S/C40H47F6N7O4/c1-6-25-19-27-32(33(55-23-40(44,45)46)31(25)30-24(2)7-8-29-28(30)20-47-50-29)48-35(56-26-9-14-51(15-10-26)16-13-39(41,42)43)49-34(27)52-17-11-38(12-18-52)21-53(22-38)36(54)57-37(3,4)5/h6-8,19-20,26H,1,9-18,21-23H2,2-5H3,(H,47,50). The molecule has 57 heavy (non-hydrogen) atoms. The van der Waals surface area contributed by atoms with Crippen LogP contribution in [-0.2, 0) is 4.74 Å². The molecule has 2 aromatic carbocycles. The molecule has 1 amide bonds. The van der Waals surface area contributed by atoms with Crippen molar-refractivity contribution in [3.63, 3.8) is 0 Å². The molecule has 3 aliphatic heterocycles. The number of aromatic amines is 1. The molecule has 17 heteroatoms. The number of amides is 1. The molecule has 0 atom stereocenters. The van der Waals surface area contributed by atoms with Gasteiger partial charge >= 0.3 is 24.5 Å². The number of halogens is 6. The van der Waals surface area contributed by atoms with Crippen molar-refractivity contribution in [3.05, 3.63) is 42.1 Å². The lowest BCUT2D eigenvalue weighted by atomic mass is 9.72. The number of carbonyl (C=O) groups excluding carboxylic acids is 1. The Kier molecular flexibility index (Phi) is 10.8. The lowest BCUT2D eigenvalue weighted by molar-refractivity contribution is -0.153. The van der Waals surface area contributed by atoms with Crippen LogP contribution in [0.5, 0.6) is 11.8 Å². The zero-order valence-corrected chi connectivity index (χ0v) is 32.4. The Morgan fingerprint density at radius 2 is 1.68 bits per heavy atom. The second-order valence-electron chi connectivity index (χ2n) is 16.4. The Morgan fingerprint density at radius 3 is 2.32 bits per heavy atom. The maximum Gasteiger partial charge on any atom is 0.422 e. The van der Waals surface area contributed by atoms with Gasteiger partial charge < -0.3 is 28.9 Å². The summed E-state index contributed by atoms with van der Waals surface area (Å²) in [6.45, 7) is 12.5. The SMILES string of the molecule is C=Cc1cc2c(N3CCC4(CC3)CN(C(=O)OC(C)(C)C)C4)nc(OC3CCN(CCC(F)(F)F)CC3)nc2c(OCC(F)(F)F)c1-c1c(C)ccc2[nH]ncc12. The predicted molar refractivity (Wildman–Crippen MR) is 203 cm³/mol. The van der Waals surface area contributed by atoms with E-state index in [1.165, 1.54) is 0 Å². The predicted octanol–water partition coefficient (Wildman–Crippen LogP) is 8.70. The number of rotatable bonds is 9. The third-order valence-electron chi connectivity index (χ3n) is 11.0. The van der Waals surface area contributed by atoms with Gasteiger partial charge in [0.05, 0.1) is 18.1 Å². The van der Waals surface area contributed by atoms with Gasteiger partial charge in [-0.2, -0.15) is 41.4 Å². The first kappa shape index (κ1) is 40.4. The summed E-state index contributed by atoms with van der Waals surface area (Å²) in [5.41, 5.74) is 2.27. The van der Waals surface area contributed by atoms with Gasteiger partial charge in [-0.3, -0.25) is 5.10 Å². The van der Waals surface area contributed by atoms with Gasteiger partial charge in [-0.1, -0.05) is 18.7 Å². The highest BCUT2D eigenvalue weighted by Gasteiger charge is 2.48. The van der Waals surface area contributed by atoms with Crippen molar-refractivity contribution < 1.29 is 45.3 Å². The minimum absolute atomic E-state index is 0.0707. The molecule has 5 heterocycles. The number of hydrogen-bond acceptors (Lipinski definition) is 9. The van der Waals surface area contributed by atoms with Crippen LogP contribution in [0.25, 0.3) is 39.0 Å². The Labute approximate surface area is 326 Å². The number of hydrogen-bond donors (Lipinski definition) is 1. The number of nitrogens with one attached hydrogen (secondary N) is 1. The summed E-state index contributed by atoms with van der Waals surface area (Å²) in [5.74, 6) is 0.327. The molecule has 1 spiro atoms. The molecule has 11 nitrogen and oxygen atoms in total. The van der Waals surface area contributed by atoms with E-state index in [1.54, 1.807) is 22.1 Å². The van der Waals surface area contributed by atoms with E-state index in [4.69, 9.17) is 24.2 Å².